The van der Waals surface area contributed by atoms with Crippen LogP contribution in [0.15, 0.2) is 24.2 Å². The van der Waals surface area contributed by atoms with Gasteiger partial charge in [0.1, 0.15) is 0 Å². The molecule has 0 heterocycles. The minimum atomic E-state index is -0.453. The molecule has 6 heteroatoms. The predicted molar refractivity (Wildman–Crippen MR) is 71.7 cm³/mol. The molecule has 1 aromatic rings. The van der Waals surface area contributed by atoms with Gasteiger partial charge in [-0.15, -0.1) is 0 Å². The molecule has 0 unspecified atom stereocenters. The van der Waals surface area contributed by atoms with Crippen molar-refractivity contribution in [2.45, 2.75) is 6.92 Å². The number of nitrogens with zero attached hydrogens (tertiary/aromatic N) is 1. The first-order valence-corrected chi connectivity index (χ1v) is 6.08. The van der Waals surface area contributed by atoms with Crippen molar-refractivity contribution in [1.82, 2.24) is 0 Å². The summed E-state index contributed by atoms with van der Waals surface area (Å²) in [6.45, 7) is 2.01. The molecule has 0 spiro atoms. The summed E-state index contributed by atoms with van der Waals surface area (Å²) in [6.07, 6.45) is 1.53. The van der Waals surface area contributed by atoms with Crippen molar-refractivity contribution < 1.29 is 48.9 Å². The van der Waals surface area contributed by atoms with Crippen molar-refractivity contribution in [2.75, 3.05) is 20.8 Å². The molecule has 0 saturated heterocycles. The maximum absolute atomic E-state index is 11.9. The van der Waals surface area contributed by atoms with E-state index in [4.69, 9.17) is 14.2 Å². The minimum absolute atomic E-state index is 0. The van der Waals surface area contributed by atoms with Crippen LogP contribution in [0.5, 0.6) is 11.5 Å². The van der Waals surface area contributed by atoms with Crippen molar-refractivity contribution in [3.05, 3.63) is 35.3 Å². The number of methoxy groups -OCH3 is 2. The van der Waals surface area contributed by atoms with Crippen LogP contribution in [-0.4, -0.2) is 20.8 Å². The molecule has 0 bridgehead atoms. The summed E-state index contributed by atoms with van der Waals surface area (Å²) in [5, 5.41) is 21.1. The van der Waals surface area contributed by atoms with Gasteiger partial charge in [0.25, 0.3) is 0 Å². The van der Waals surface area contributed by atoms with Crippen LogP contribution in [-0.2, 0) is 4.74 Å². The summed E-state index contributed by atoms with van der Waals surface area (Å²) < 4.78 is 15.4. The predicted octanol–water partition coefficient (Wildman–Crippen LogP) is -1.31. The van der Waals surface area contributed by atoms with Crippen LogP contribution >= 0.6 is 0 Å². The minimum Gasteiger partial charge on any atom is -0.613 e. The average Bonchev–Trinajstić information content (AvgIpc) is 2.83. The SMILES string of the molecule is CCO/C([O-])=C1\C=C(C#N)c2cc(OC)c(OC)cc21.[Na+]. The molecule has 104 valence electrons. The van der Waals surface area contributed by atoms with E-state index < -0.39 is 5.95 Å². The summed E-state index contributed by atoms with van der Waals surface area (Å²) in [7, 11) is 3.03. The molecular weight excluding hydrogens is 281 g/mol. The number of ether oxygens (including phenoxy) is 3. The van der Waals surface area contributed by atoms with Gasteiger partial charge in [0.05, 0.1) is 31.8 Å². The fourth-order valence-corrected chi connectivity index (χ4v) is 2.09. The Labute approximate surface area is 145 Å². The van der Waals surface area contributed by atoms with Gasteiger partial charge in [-0.05, 0) is 30.4 Å². The standard InChI is InChI=1S/C15H15NO4.Na/c1-4-20-15(17)12-5-9(8-16)10-6-13(18-2)14(19-3)7-11(10)12;/h5-7,17H,4H2,1-3H3;/q;+1/p-1/b15-12+;. The Bertz CT molecular complexity index is 644. The van der Waals surface area contributed by atoms with Gasteiger partial charge >= 0.3 is 29.6 Å². The topological polar surface area (TPSA) is 74.5 Å². The van der Waals surface area contributed by atoms with E-state index in [9.17, 15) is 10.4 Å². The van der Waals surface area contributed by atoms with E-state index in [0.717, 1.165) is 0 Å². The van der Waals surface area contributed by atoms with Crippen LogP contribution in [0.2, 0.25) is 0 Å². The molecule has 0 saturated carbocycles. The van der Waals surface area contributed by atoms with E-state index in [0.29, 0.717) is 33.8 Å². The Kier molecular flexibility index (Phi) is 6.16. The largest absolute Gasteiger partial charge is 1.00 e. The van der Waals surface area contributed by atoms with Crippen molar-refractivity contribution in [3.8, 4) is 17.6 Å². The number of hydrogen-bond acceptors (Lipinski definition) is 5. The molecule has 1 aromatic carbocycles. The molecule has 21 heavy (non-hydrogen) atoms. The normalized spacial score (nSPS) is 14.3. The summed E-state index contributed by atoms with van der Waals surface area (Å²) in [5.41, 5.74) is 2.04. The third kappa shape index (κ3) is 3.18. The first kappa shape index (κ1) is 17.4. The Morgan fingerprint density at radius 3 is 2.24 bits per heavy atom. The molecule has 0 fully saturated rings. The van der Waals surface area contributed by atoms with Crippen molar-refractivity contribution in [3.63, 3.8) is 0 Å². The first-order chi connectivity index (χ1) is 9.65. The van der Waals surface area contributed by atoms with Crippen LogP contribution < -0.4 is 44.1 Å². The van der Waals surface area contributed by atoms with E-state index >= 15 is 0 Å². The van der Waals surface area contributed by atoms with Gasteiger partial charge < -0.3 is 19.3 Å². The summed E-state index contributed by atoms with van der Waals surface area (Å²) in [4.78, 5) is 0. The Balaban J connectivity index is 0.00000220. The van der Waals surface area contributed by atoms with Crippen LogP contribution in [0.1, 0.15) is 18.1 Å². The van der Waals surface area contributed by atoms with Gasteiger partial charge in [-0.3, -0.25) is 0 Å². The van der Waals surface area contributed by atoms with Crippen molar-refractivity contribution >= 4 is 11.1 Å². The van der Waals surface area contributed by atoms with Gasteiger partial charge in [-0.2, -0.15) is 5.26 Å². The molecule has 0 amide bonds. The second-order valence-electron chi connectivity index (χ2n) is 4.06. The van der Waals surface area contributed by atoms with E-state index in [1.807, 2.05) is 0 Å². The molecule has 2 rings (SSSR count). The van der Waals surface area contributed by atoms with Gasteiger partial charge in [-0.25, -0.2) is 0 Å². The molecule has 0 aromatic heterocycles. The molecule has 1 aliphatic rings. The zero-order valence-electron chi connectivity index (χ0n) is 12.5. The molecule has 0 atom stereocenters. The second-order valence-corrected chi connectivity index (χ2v) is 4.06. The molecule has 1 aliphatic carbocycles. The fraction of sp³-hybridized carbons (Fsp3) is 0.267. The van der Waals surface area contributed by atoms with E-state index in [2.05, 4.69) is 6.07 Å². The molecular formula is C15H14NNaO4. The summed E-state index contributed by atoms with van der Waals surface area (Å²) in [5.74, 6) is 0.560. The number of rotatable bonds is 4. The Hall–Kier alpha value is -1.61. The van der Waals surface area contributed by atoms with Crippen molar-refractivity contribution in [1.29, 1.82) is 5.26 Å². The number of fused-ring (bicyclic) bond motifs is 1. The average molecular weight is 295 g/mol. The number of benzene rings is 1. The van der Waals surface area contributed by atoms with E-state index in [1.54, 1.807) is 19.1 Å². The van der Waals surface area contributed by atoms with Gasteiger partial charge in [0.2, 0.25) is 0 Å². The Morgan fingerprint density at radius 2 is 1.76 bits per heavy atom. The second kappa shape index (κ2) is 7.41. The Morgan fingerprint density at radius 1 is 1.19 bits per heavy atom. The maximum Gasteiger partial charge on any atom is 1.00 e. The maximum atomic E-state index is 11.9. The van der Waals surface area contributed by atoms with Crippen LogP contribution in [0.3, 0.4) is 0 Å². The van der Waals surface area contributed by atoms with Crippen molar-refractivity contribution in [2.24, 2.45) is 0 Å². The third-order valence-corrected chi connectivity index (χ3v) is 3.01. The zero-order chi connectivity index (χ0) is 14.7. The van der Waals surface area contributed by atoms with Crippen LogP contribution in [0, 0.1) is 11.3 Å². The van der Waals surface area contributed by atoms with E-state index in [1.165, 1.54) is 20.3 Å². The number of nitriles is 1. The first-order valence-electron chi connectivity index (χ1n) is 6.08. The van der Waals surface area contributed by atoms with E-state index in [-0.39, 0.29) is 36.2 Å². The van der Waals surface area contributed by atoms with Gasteiger partial charge in [0.15, 0.2) is 11.5 Å². The monoisotopic (exact) mass is 295 g/mol. The summed E-state index contributed by atoms with van der Waals surface area (Å²) in [6, 6.07) is 5.44. The molecule has 5 nitrogen and oxygen atoms in total. The molecule has 0 aliphatic heterocycles. The third-order valence-electron chi connectivity index (χ3n) is 3.01. The number of hydrogen-bond donors (Lipinski definition) is 0. The summed E-state index contributed by atoms with van der Waals surface area (Å²) >= 11 is 0. The zero-order valence-corrected chi connectivity index (χ0v) is 14.5. The molecule has 0 N–H and O–H groups in total. The smallest absolute Gasteiger partial charge is 0.613 e. The number of allylic oxidation sites excluding steroid dienone is 3. The molecule has 0 radical (unpaired) electrons. The van der Waals surface area contributed by atoms with Crippen LogP contribution in [0.4, 0.5) is 0 Å². The fourth-order valence-electron chi connectivity index (χ4n) is 2.09. The van der Waals surface area contributed by atoms with Crippen LogP contribution in [0.25, 0.3) is 11.1 Å². The van der Waals surface area contributed by atoms with Gasteiger partial charge in [0, 0.05) is 11.1 Å². The quantitative estimate of drug-likeness (QED) is 0.509. The van der Waals surface area contributed by atoms with Gasteiger partial charge in [-0.1, -0.05) is 6.92 Å².